The van der Waals surface area contributed by atoms with Crippen molar-refractivity contribution < 1.29 is 35.8 Å². The first-order valence-corrected chi connectivity index (χ1v) is 10.8. The first-order valence-electron chi connectivity index (χ1n) is 10.8. The van der Waals surface area contributed by atoms with Crippen molar-refractivity contribution >= 4 is 0 Å². The Kier molecular flexibility index (Phi) is 7.20. The zero-order valence-corrected chi connectivity index (χ0v) is 18.6. The molecular weight excluding hydrogens is 476 g/mol. The summed E-state index contributed by atoms with van der Waals surface area (Å²) in [5.74, 6) is 0. The molecule has 3 atom stereocenters. The molecule has 4 rings (SSSR count). The van der Waals surface area contributed by atoms with E-state index in [1.165, 1.54) is 0 Å². The molecule has 0 aliphatic carbocycles. The molecule has 0 spiro atoms. The van der Waals surface area contributed by atoms with Gasteiger partial charge in [0, 0.05) is 25.0 Å². The number of H-pyrrole nitrogens is 1. The summed E-state index contributed by atoms with van der Waals surface area (Å²) in [6.45, 7) is 2.32. The predicted octanol–water partition coefficient (Wildman–Crippen LogP) is 5.95. The van der Waals surface area contributed by atoms with Crippen LogP contribution in [0, 0.1) is 0 Å². The molecule has 188 valence electrons. The average molecular weight is 499 g/mol. The van der Waals surface area contributed by atoms with Crippen molar-refractivity contribution in [2.75, 3.05) is 6.54 Å². The molecule has 1 aliphatic rings. The van der Waals surface area contributed by atoms with Crippen molar-refractivity contribution in [2.24, 2.45) is 0 Å². The number of hydrogen-bond acceptors (Lipinski definition) is 4. The molecule has 1 aromatic heterocycles. The molecule has 11 heteroatoms. The lowest BCUT2D eigenvalue weighted by atomic mass is 10.0. The van der Waals surface area contributed by atoms with Crippen LogP contribution in [0.5, 0.6) is 0 Å². The van der Waals surface area contributed by atoms with Crippen molar-refractivity contribution in [3.05, 3.63) is 89.0 Å². The fourth-order valence-electron chi connectivity index (χ4n) is 4.14. The van der Waals surface area contributed by atoms with Gasteiger partial charge in [0.1, 0.15) is 0 Å². The zero-order valence-electron chi connectivity index (χ0n) is 18.6. The Morgan fingerprint density at radius 3 is 2.26 bits per heavy atom. The fourth-order valence-corrected chi connectivity index (χ4v) is 4.14. The number of morpholine rings is 1. The van der Waals surface area contributed by atoms with Crippen molar-refractivity contribution in [1.29, 1.82) is 0 Å². The lowest BCUT2D eigenvalue weighted by Gasteiger charge is -2.43. The predicted molar refractivity (Wildman–Crippen MR) is 114 cm³/mol. The number of benzene rings is 2. The van der Waals surface area contributed by atoms with Gasteiger partial charge in [-0.25, -0.2) is 4.98 Å². The van der Waals surface area contributed by atoms with Gasteiger partial charge in [0.15, 0.2) is 6.29 Å². The molecule has 3 aromatic rings. The Morgan fingerprint density at radius 2 is 1.69 bits per heavy atom. The van der Waals surface area contributed by atoms with Gasteiger partial charge in [0.05, 0.1) is 36.2 Å². The molecule has 1 fully saturated rings. The molecule has 0 radical (unpaired) electrons. The van der Waals surface area contributed by atoms with Gasteiger partial charge in [-0.05, 0) is 36.2 Å². The SMILES string of the molecule is C[C@@H]1CN(Cc2cnc[nH]2)[C@@H](c2ccccc2)[C@@H](OCc2cc(C(F)(F)F)cc(C(F)(F)F)c2)O1. The second-order valence-corrected chi connectivity index (χ2v) is 8.40. The number of rotatable bonds is 6. The number of halogens is 6. The number of aromatic amines is 1. The van der Waals surface area contributed by atoms with E-state index in [4.69, 9.17) is 9.47 Å². The Balaban J connectivity index is 1.62. The summed E-state index contributed by atoms with van der Waals surface area (Å²) < 4.78 is 91.4. The van der Waals surface area contributed by atoms with Crippen LogP contribution < -0.4 is 0 Å². The monoisotopic (exact) mass is 499 g/mol. The molecule has 35 heavy (non-hydrogen) atoms. The third-order valence-corrected chi connectivity index (χ3v) is 5.64. The maximum atomic E-state index is 13.2. The van der Waals surface area contributed by atoms with Crippen LogP contribution in [0.2, 0.25) is 0 Å². The summed E-state index contributed by atoms with van der Waals surface area (Å²) >= 11 is 0. The summed E-state index contributed by atoms with van der Waals surface area (Å²) in [4.78, 5) is 9.14. The second kappa shape index (κ2) is 10.00. The van der Waals surface area contributed by atoms with Crippen LogP contribution in [0.25, 0.3) is 0 Å². The zero-order chi connectivity index (χ0) is 25.2. The van der Waals surface area contributed by atoms with E-state index in [0.717, 1.165) is 11.3 Å². The molecule has 2 heterocycles. The molecule has 0 amide bonds. The second-order valence-electron chi connectivity index (χ2n) is 8.40. The average Bonchev–Trinajstić information content (AvgIpc) is 3.30. The summed E-state index contributed by atoms with van der Waals surface area (Å²) in [6, 6.07) is 10.2. The summed E-state index contributed by atoms with van der Waals surface area (Å²) in [5, 5.41) is 0. The van der Waals surface area contributed by atoms with Gasteiger partial charge < -0.3 is 14.5 Å². The highest BCUT2D eigenvalue weighted by atomic mass is 19.4. The highest BCUT2D eigenvalue weighted by Crippen LogP contribution is 2.38. The van der Waals surface area contributed by atoms with Crippen molar-refractivity contribution in [2.45, 2.75) is 50.9 Å². The number of ether oxygens (including phenoxy) is 2. The molecule has 1 aliphatic heterocycles. The van der Waals surface area contributed by atoms with Gasteiger partial charge in [-0.1, -0.05) is 30.3 Å². The van der Waals surface area contributed by atoms with Crippen molar-refractivity contribution in [3.63, 3.8) is 0 Å². The van der Waals surface area contributed by atoms with Gasteiger partial charge >= 0.3 is 12.4 Å². The molecule has 0 bridgehead atoms. The minimum absolute atomic E-state index is 0.0988. The van der Waals surface area contributed by atoms with E-state index in [9.17, 15) is 26.3 Å². The van der Waals surface area contributed by atoms with E-state index in [0.29, 0.717) is 25.2 Å². The lowest BCUT2D eigenvalue weighted by molar-refractivity contribution is -0.242. The normalized spacial score (nSPS) is 21.9. The highest BCUT2D eigenvalue weighted by Gasteiger charge is 2.39. The van der Waals surface area contributed by atoms with Crippen LogP contribution in [-0.4, -0.2) is 33.8 Å². The maximum absolute atomic E-state index is 13.2. The van der Waals surface area contributed by atoms with Gasteiger partial charge in [0.2, 0.25) is 0 Å². The summed E-state index contributed by atoms with van der Waals surface area (Å²) in [6.07, 6.45) is -7.86. The third-order valence-electron chi connectivity index (χ3n) is 5.64. The Bertz CT molecular complexity index is 1070. The smallest absolute Gasteiger partial charge is 0.347 e. The van der Waals surface area contributed by atoms with Crippen molar-refractivity contribution in [1.82, 2.24) is 14.9 Å². The molecular formula is C24H23F6N3O2. The number of nitrogens with zero attached hydrogens (tertiary/aromatic N) is 2. The lowest BCUT2D eigenvalue weighted by Crippen LogP contribution is -2.49. The summed E-state index contributed by atoms with van der Waals surface area (Å²) in [7, 11) is 0. The first kappa shape index (κ1) is 25.2. The van der Waals surface area contributed by atoms with Gasteiger partial charge in [-0.2, -0.15) is 26.3 Å². The van der Waals surface area contributed by atoms with Crippen molar-refractivity contribution in [3.8, 4) is 0 Å². The topological polar surface area (TPSA) is 50.4 Å². The number of hydrogen-bond donors (Lipinski definition) is 1. The molecule has 0 unspecified atom stereocenters. The molecule has 0 saturated carbocycles. The Labute approximate surface area is 197 Å². The van der Waals surface area contributed by atoms with Crippen LogP contribution in [-0.2, 0) is 35.0 Å². The molecule has 1 saturated heterocycles. The number of nitrogens with one attached hydrogen (secondary N) is 1. The number of imidazole rings is 1. The maximum Gasteiger partial charge on any atom is 0.416 e. The molecule has 2 aromatic carbocycles. The first-order chi connectivity index (χ1) is 16.5. The summed E-state index contributed by atoms with van der Waals surface area (Å²) in [5.41, 5.74) is -1.34. The van der Waals surface area contributed by atoms with Gasteiger partial charge in [-0.15, -0.1) is 0 Å². The largest absolute Gasteiger partial charge is 0.416 e. The van der Waals surface area contributed by atoms with E-state index in [-0.39, 0.29) is 17.7 Å². The van der Waals surface area contributed by atoms with Gasteiger partial charge in [-0.3, -0.25) is 4.90 Å². The highest BCUT2D eigenvalue weighted by molar-refractivity contribution is 5.33. The van der Waals surface area contributed by atoms with Crippen LogP contribution in [0.3, 0.4) is 0 Å². The minimum atomic E-state index is -4.93. The number of aromatic nitrogens is 2. The van der Waals surface area contributed by atoms with E-state index < -0.39 is 42.4 Å². The number of alkyl halides is 6. The molecule has 5 nitrogen and oxygen atoms in total. The standard InChI is InChI=1S/C24H23F6N3O2/c1-15-11-33(12-20-10-31-14-32-20)21(17-5-3-2-4-6-17)22(35-15)34-13-16-7-18(23(25,26)27)9-19(8-16)24(28,29)30/h2-10,14-15,21-22H,11-13H2,1H3,(H,31,32)/t15-,21+,22+/m1/s1. The van der Waals surface area contributed by atoms with E-state index in [1.807, 2.05) is 37.3 Å². The molecule has 1 N–H and O–H groups in total. The Morgan fingerprint density at radius 1 is 1.03 bits per heavy atom. The van der Waals surface area contributed by atoms with E-state index >= 15 is 0 Å². The Hall–Kier alpha value is -2.89. The van der Waals surface area contributed by atoms with Crippen LogP contribution >= 0.6 is 0 Å². The van der Waals surface area contributed by atoms with Crippen LogP contribution in [0.4, 0.5) is 26.3 Å². The van der Waals surface area contributed by atoms with Crippen LogP contribution in [0.1, 0.15) is 40.9 Å². The fraction of sp³-hybridized carbons (Fsp3) is 0.375. The quantitative estimate of drug-likeness (QED) is 0.426. The van der Waals surface area contributed by atoms with Crippen LogP contribution in [0.15, 0.2) is 61.1 Å². The van der Waals surface area contributed by atoms with E-state index in [1.54, 1.807) is 12.5 Å². The van der Waals surface area contributed by atoms with E-state index in [2.05, 4.69) is 14.9 Å². The van der Waals surface area contributed by atoms with Gasteiger partial charge in [0.25, 0.3) is 0 Å². The third kappa shape index (κ3) is 6.22. The minimum Gasteiger partial charge on any atom is -0.347 e.